The van der Waals surface area contributed by atoms with E-state index in [9.17, 15) is 4.79 Å². The average Bonchev–Trinajstić information content (AvgIpc) is 2.61. The van der Waals surface area contributed by atoms with Gasteiger partial charge in [0, 0.05) is 5.92 Å². The number of aliphatic imine (C=N–C) groups is 1. The lowest BCUT2D eigenvalue weighted by Gasteiger charge is -2.02. The second kappa shape index (κ2) is 1.79. The Hall–Kier alpha value is -0.900. The van der Waals surface area contributed by atoms with Crippen molar-refractivity contribution in [1.82, 2.24) is 0 Å². The van der Waals surface area contributed by atoms with E-state index in [1.165, 1.54) is 0 Å². The van der Waals surface area contributed by atoms with E-state index in [0.29, 0.717) is 5.92 Å². The Kier molecular flexibility index (Phi) is 1.05. The normalized spacial score (nSPS) is 31.9. The van der Waals surface area contributed by atoms with Gasteiger partial charge in [0.1, 0.15) is 0 Å². The fourth-order valence-electron chi connectivity index (χ4n) is 1.07. The molecule has 54 valence electrons. The second-order valence-electron chi connectivity index (χ2n) is 2.62. The van der Waals surface area contributed by atoms with Gasteiger partial charge in [-0.05, 0) is 12.8 Å². The van der Waals surface area contributed by atoms with Gasteiger partial charge in [-0.1, -0.05) is 0 Å². The second-order valence-corrected chi connectivity index (χ2v) is 2.62. The molecule has 2 rings (SSSR count). The largest absolute Gasteiger partial charge is 0.435 e. The molecule has 0 aromatic heterocycles. The van der Waals surface area contributed by atoms with Crippen LogP contribution < -0.4 is 5.73 Å². The van der Waals surface area contributed by atoms with E-state index >= 15 is 0 Å². The molecule has 1 aliphatic carbocycles. The number of ether oxygens (including phenoxy) is 1. The Balaban J connectivity index is 2.17. The number of rotatable bonds is 1. The lowest BCUT2D eigenvalue weighted by molar-refractivity contribution is 0.150. The molecule has 1 heterocycles. The molecule has 4 heteroatoms. The summed E-state index contributed by atoms with van der Waals surface area (Å²) >= 11 is 0. The first-order chi connectivity index (χ1) is 4.77. The summed E-state index contributed by atoms with van der Waals surface area (Å²) in [5.41, 5.74) is 6.18. The molecule has 1 amide bonds. The maximum atomic E-state index is 10.5. The molecule has 0 saturated heterocycles. The zero-order chi connectivity index (χ0) is 7.14. The Morgan fingerprint density at radius 3 is 2.70 bits per heavy atom. The molecule has 1 fully saturated rings. The first-order valence-corrected chi connectivity index (χ1v) is 3.32. The number of nitrogens with zero attached hydrogens (tertiary/aromatic N) is 1. The third-order valence-electron chi connectivity index (χ3n) is 1.74. The topological polar surface area (TPSA) is 64.7 Å². The number of hydrogen-bond donors (Lipinski definition) is 1. The van der Waals surface area contributed by atoms with E-state index in [1.54, 1.807) is 0 Å². The van der Waals surface area contributed by atoms with Crippen molar-refractivity contribution in [3.8, 4) is 0 Å². The fraction of sp³-hybridized carbons (Fsp3) is 0.667. The van der Waals surface area contributed by atoms with Crippen LogP contribution in [0.15, 0.2) is 4.99 Å². The van der Waals surface area contributed by atoms with Gasteiger partial charge in [-0.15, -0.1) is 0 Å². The molecule has 10 heavy (non-hydrogen) atoms. The average molecular weight is 140 g/mol. The number of nitrogens with two attached hydrogens (primary N) is 1. The smallest absolute Gasteiger partial charge is 0.423 e. The maximum absolute atomic E-state index is 10.5. The van der Waals surface area contributed by atoms with Crippen LogP contribution in [0, 0.1) is 5.92 Å². The Labute approximate surface area is 58.1 Å². The monoisotopic (exact) mass is 140 g/mol. The molecule has 1 saturated carbocycles. The third kappa shape index (κ3) is 0.806. The molecule has 1 atom stereocenters. The van der Waals surface area contributed by atoms with Crippen molar-refractivity contribution < 1.29 is 9.53 Å². The quantitative estimate of drug-likeness (QED) is 0.568. The van der Waals surface area contributed by atoms with Gasteiger partial charge in [0.2, 0.25) is 0 Å². The Bertz CT molecular complexity index is 208. The van der Waals surface area contributed by atoms with Crippen LogP contribution in [0.4, 0.5) is 4.79 Å². The predicted molar refractivity (Wildman–Crippen MR) is 34.6 cm³/mol. The summed E-state index contributed by atoms with van der Waals surface area (Å²) in [7, 11) is 0. The van der Waals surface area contributed by atoms with Crippen molar-refractivity contribution in [2.24, 2.45) is 16.6 Å². The number of amides is 1. The highest BCUT2D eigenvalue weighted by molar-refractivity contribution is 6.03. The summed E-state index contributed by atoms with van der Waals surface area (Å²) in [5.74, 6) is 0.432. The summed E-state index contributed by atoms with van der Waals surface area (Å²) in [5, 5.41) is 0. The van der Waals surface area contributed by atoms with Crippen molar-refractivity contribution in [2.45, 2.75) is 19.1 Å². The molecule has 1 unspecified atom stereocenters. The molecular weight excluding hydrogens is 132 g/mol. The molecule has 0 spiro atoms. The van der Waals surface area contributed by atoms with E-state index in [-0.39, 0.29) is 0 Å². The van der Waals surface area contributed by atoms with Crippen molar-refractivity contribution in [2.75, 3.05) is 0 Å². The van der Waals surface area contributed by atoms with Crippen molar-refractivity contribution >= 4 is 11.8 Å². The third-order valence-corrected chi connectivity index (χ3v) is 1.74. The minimum atomic E-state index is -0.556. The highest BCUT2D eigenvalue weighted by Gasteiger charge is 2.37. The Morgan fingerprint density at radius 2 is 2.30 bits per heavy atom. The van der Waals surface area contributed by atoms with Crippen molar-refractivity contribution in [3.05, 3.63) is 0 Å². The van der Waals surface area contributed by atoms with Crippen LogP contribution >= 0.6 is 0 Å². The lowest BCUT2D eigenvalue weighted by Crippen LogP contribution is -2.30. The fourth-order valence-corrected chi connectivity index (χ4v) is 1.07. The zero-order valence-electron chi connectivity index (χ0n) is 5.41. The standard InChI is InChI=1S/C6H8N2O2/c7-5-4(3-1-2-3)8-6(9)10-5/h3,5H,1-2,7H2. The minimum Gasteiger partial charge on any atom is -0.423 e. The van der Waals surface area contributed by atoms with Gasteiger partial charge < -0.3 is 4.74 Å². The molecular formula is C6H8N2O2. The van der Waals surface area contributed by atoms with Crippen LogP contribution in [0.25, 0.3) is 0 Å². The molecule has 2 aliphatic rings. The van der Waals surface area contributed by atoms with Crippen LogP contribution in [0.1, 0.15) is 12.8 Å². The van der Waals surface area contributed by atoms with E-state index in [4.69, 9.17) is 5.73 Å². The predicted octanol–water partition coefficient (Wildman–Crippen LogP) is 0.272. The van der Waals surface area contributed by atoms with Crippen molar-refractivity contribution in [1.29, 1.82) is 0 Å². The first-order valence-electron chi connectivity index (χ1n) is 3.32. The SMILES string of the molecule is NC1OC(=O)N=C1C1CC1. The van der Waals surface area contributed by atoms with E-state index in [2.05, 4.69) is 9.73 Å². The summed E-state index contributed by atoms with van der Waals surface area (Å²) in [6.07, 6.45) is 1.11. The summed E-state index contributed by atoms with van der Waals surface area (Å²) in [6, 6.07) is 0. The summed E-state index contributed by atoms with van der Waals surface area (Å²) < 4.78 is 4.61. The van der Waals surface area contributed by atoms with E-state index in [1.807, 2.05) is 0 Å². The molecule has 0 bridgehead atoms. The summed E-state index contributed by atoms with van der Waals surface area (Å²) in [4.78, 5) is 14.2. The van der Waals surface area contributed by atoms with Gasteiger partial charge in [0.15, 0.2) is 6.23 Å². The van der Waals surface area contributed by atoms with Gasteiger partial charge >= 0.3 is 6.09 Å². The molecule has 0 aromatic rings. The first kappa shape index (κ1) is 5.85. The zero-order valence-corrected chi connectivity index (χ0v) is 5.41. The van der Waals surface area contributed by atoms with Crippen LogP contribution in [0.5, 0.6) is 0 Å². The van der Waals surface area contributed by atoms with Crippen LogP contribution in [0.2, 0.25) is 0 Å². The van der Waals surface area contributed by atoms with Crippen LogP contribution in [-0.2, 0) is 4.74 Å². The molecule has 4 nitrogen and oxygen atoms in total. The van der Waals surface area contributed by atoms with E-state index < -0.39 is 12.3 Å². The van der Waals surface area contributed by atoms with Crippen molar-refractivity contribution in [3.63, 3.8) is 0 Å². The highest BCUT2D eigenvalue weighted by Crippen LogP contribution is 2.33. The molecule has 1 aliphatic heterocycles. The van der Waals surface area contributed by atoms with E-state index in [0.717, 1.165) is 18.6 Å². The van der Waals surface area contributed by atoms with Gasteiger partial charge in [0.25, 0.3) is 0 Å². The van der Waals surface area contributed by atoms with Crippen LogP contribution in [0.3, 0.4) is 0 Å². The number of carbonyl (C=O) groups is 1. The minimum absolute atomic E-state index is 0.432. The number of cyclic esters (lactones) is 1. The Morgan fingerprint density at radius 1 is 1.60 bits per heavy atom. The maximum Gasteiger partial charge on any atom is 0.435 e. The summed E-state index contributed by atoms with van der Waals surface area (Å²) in [6.45, 7) is 0. The van der Waals surface area contributed by atoms with Crippen LogP contribution in [-0.4, -0.2) is 18.0 Å². The van der Waals surface area contributed by atoms with Gasteiger partial charge in [-0.25, -0.2) is 4.79 Å². The number of carbonyl (C=O) groups excluding carboxylic acids is 1. The number of hydrogen-bond acceptors (Lipinski definition) is 3. The lowest BCUT2D eigenvalue weighted by atomic mass is 10.2. The molecule has 0 radical (unpaired) electrons. The van der Waals surface area contributed by atoms with Gasteiger partial charge in [-0.2, -0.15) is 4.99 Å². The molecule has 2 N–H and O–H groups in total. The van der Waals surface area contributed by atoms with Gasteiger partial charge in [-0.3, -0.25) is 5.73 Å². The molecule has 0 aromatic carbocycles. The highest BCUT2D eigenvalue weighted by atomic mass is 16.6. The van der Waals surface area contributed by atoms with Gasteiger partial charge in [0.05, 0.1) is 5.71 Å².